The second-order valence-corrected chi connectivity index (χ2v) is 5.93. The van der Waals surface area contributed by atoms with Crippen molar-refractivity contribution >= 4 is 11.8 Å². The van der Waals surface area contributed by atoms with Crippen molar-refractivity contribution in [2.75, 3.05) is 13.6 Å². The smallest absolute Gasteiger partial charge is 0.329 e. The first-order valence-corrected chi connectivity index (χ1v) is 7.37. The van der Waals surface area contributed by atoms with Gasteiger partial charge in [-0.1, -0.05) is 19.1 Å². The molecule has 0 bridgehead atoms. The van der Waals surface area contributed by atoms with E-state index in [1.807, 2.05) is 7.05 Å². The van der Waals surface area contributed by atoms with Gasteiger partial charge >= 0.3 is 5.51 Å². The van der Waals surface area contributed by atoms with Crippen molar-refractivity contribution < 1.29 is 13.2 Å². The SMILES string of the molecule is CCC(C)N(C)C(CN)c1ccc(SC(F)(F)F)cc1. The number of hydrogen-bond donors (Lipinski definition) is 1. The monoisotopic (exact) mass is 306 g/mol. The van der Waals surface area contributed by atoms with Gasteiger partial charge in [0.15, 0.2) is 0 Å². The van der Waals surface area contributed by atoms with E-state index < -0.39 is 5.51 Å². The zero-order valence-electron chi connectivity index (χ0n) is 11.9. The van der Waals surface area contributed by atoms with Gasteiger partial charge in [-0.25, -0.2) is 0 Å². The molecule has 0 heterocycles. The summed E-state index contributed by atoms with van der Waals surface area (Å²) < 4.78 is 36.8. The molecular weight excluding hydrogens is 285 g/mol. The highest BCUT2D eigenvalue weighted by atomic mass is 32.2. The highest BCUT2D eigenvalue weighted by Gasteiger charge is 2.29. The fraction of sp³-hybridized carbons (Fsp3) is 0.571. The number of thioether (sulfide) groups is 1. The summed E-state index contributed by atoms with van der Waals surface area (Å²) in [5.74, 6) is 0. The molecule has 114 valence electrons. The Kier molecular flexibility index (Phi) is 6.36. The predicted octanol–water partition coefficient (Wildman–Crippen LogP) is 4.03. The molecule has 1 rings (SSSR count). The number of rotatable bonds is 6. The van der Waals surface area contributed by atoms with E-state index in [0.717, 1.165) is 12.0 Å². The van der Waals surface area contributed by atoms with Crippen LogP contribution in [0.1, 0.15) is 31.9 Å². The molecule has 20 heavy (non-hydrogen) atoms. The Morgan fingerprint density at radius 2 is 1.80 bits per heavy atom. The fourth-order valence-electron chi connectivity index (χ4n) is 2.02. The molecule has 2 nitrogen and oxygen atoms in total. The maximum absolute atomic E-state index is 12.3. The summed E-state index contributed by atoms with van der Waals surface area (Å²) in [6.07, 6.45) is 0.995. The van der Waals surface area contributed by atoms with E-state index in [-0.39, 0.29) is 22.7 Å². The largest absolute Gasteiger partial charge is 0.446 e. The lowest BCUT2D eigenvalue weighted by Gasteiger charge is -2.32. The number of halogens is 3. The van der Waals surface area contributed by atoms with Crippen LogP contribution in [0.3, 0.4) is 0 Å². The number of benzene rings is 1. The van der Waals surface area contributed by atoms with Crippen LogP contribution in [0.4, 0.5) is 13.2 Å². The molecule has 2 atom stereocenters. The molecular formula is C14H21F3N2S. The number of hydrogen-bond acceptors (Lipinski definition) is 3. The maximum Gasteiger partial charge on any atom is 0.446 e. The minimum Gasteiger partial charge on any atom is -0.329 e. The van der Waals surface area contributed by atoms with Crippen LogP contribution in [0.5, 0.6) is 0 Å². The highest BCUT2D eigenvalue weighted by molar-refractivity contribution is 8.00. The third-order valence-corrected chi connectivity index (χ3v) is 4.24. The van der Waals surface area contributed by atoms with Gasteiger partial charge in [-0.05, 0) is 49.9 Å². The fourth-order valence-corrected chi connectivity index (χ4v) is 2.56. The minimum absolute atomic E-state index is 0.0230. The lowest BCUT2D eigenvalue weighted by molar-refractivity contribution is -0.0328. The normalized spacial score (nSPS) is 15.4. The van der Waals surface area contributed by atoms with E-state index >= 15 is 0 Å². The van der Waals surface area contributed by atoms with Crippen LogP contribution < -0.4 is 5.73 Å². The molecule has 0 radical (unpaired) electrons. The van der Waals surface area contributed by atoms with Crippen LogP contribution in [0, 0.1) is 0 Å². The third kappa shape index (κ3) is 5.00. The Balaban J connectivity index is 2.85. The molecule has 0 saturated heterocycles. The van der Waals surface area contributed by atoms with Crippen LogP contribution >= 0.6 is 11.8 Å². The van der Waals surface area contributed by atoms with Crippen molar-refractivity contribution in [3.63, 3.8) is 0 Å². The molecule has 0 saturated carbocycles. The highest BCUT2D eigenvalue weighted by Crippen LogP contribution is 2.37. The average molecular weight is 306 g/mol. The van der Waals surface area contributed by atoms with E-state index in [1.165, 1.54) is 12.1 Å². The molecule has 0 aromatic heterocycles. The van der Waals surface area contributed by atoms with Gasteiger partial charge in [-0.15, -0.1) is 0 Å². The molecule has 0 spiro atoms. The standard InChI is InChI=1S/C14H21F3N2S/c1-4-10(2)19(3)13(9-18)11-5-7-12(8-6-11)20-14(15,16)17/h5-8,10,13H,4,9,18H2,1-3H3. The lowest BCUT2D eigenvalue weighted by Crippen LogP contribution is -2.36. The Hall–Kier alpha value is -0.720. The predicted molar refractivity (Wildman–Crippen MR) is 77.7 cm³/mol. The molecule has 1 aromatic carbocycles. The Morgan fingerprint density at radius 1 is 1.25 bits per heavy atom. The summed E-state index contributed by atoms with van der Waals surface area (Å²) in [7, 11) is 1.99. The quantitative estimate of drug-likeness (QED) is 0.805. The minimum atomic E-state index is -4.25. The summed E-state index contributed by atoms with van der Waals surface area (Å²) in [6.45, 7) is 4.64. The third-order valence-electron chi connectivity index (χ3n) is 3.50. The molecule has 2 N–H and O–H groups in total. The molecule has 0 amide bonds. The van der Waals surface area contributed by atoms with Crippen LogP contribution in [0.15, 0.2) is 29.2 Å². The molecule has 1 aromatic rings. The summed E-state index contributed by atoms with van der Waals surface area (Å²) >= 11 is -0.0969. The second kappa shape index (κ2) is 7.33. The number of likely N-dealkylation sites (N-methyl/N-ethyl adjacent to an activating group) is 1. The van der Waals surface area contributed by atoms with Crippen molar-refractivity contribution in [2.45, 2.75) is 42.8 Å². The van der Waals surface area contributed by atoms with Crippen LogP contribution in [0.2, 0.25) is 0 Å². The van der Waals surface area contributed by atoms with Gasteiger partial charge < -0.3 is 5.73 Å². The molecule has 0 fully saturated rings. The van der Waals surface area contributed by atoms with E-state index in [9.17, 15) is 13.2 Å². The lowest BCUT2D eigenvalue weighted by atomic mass is 10.0. The van der Waals surface area contributed by atoms with Gasteiger partial charge in [0.05, 0.1) is 0 Å². The molecule has 2 unspecified atom stereocenters. The van der Waals surface area contributed by atoms with Crippen molar-refractivity contribution in [1.82, 2.24) is 4.90 Å². The van der Waals surface area contributed by atoms with E-state index in [1.54, 1.807) is 12.1 Å². The summed E-state index contributed by atoms with van der Waals surface area (Å²) in [4.78, 5) is 2.36. The topological polar surface area (TPSA) is 29.3 Å². The van der Waals surface area contributed by atoms with E-state index in [4.69, 9.17) is 5.73 Å². The Morgan fingerprint density at radius 3 is 2.20 bits per heavy atom. The molecule has 0 aliphatic rings. The summed E-state index contributed by atoms with van der Waals surface area (Å²) in [5, 5.41) is 0. The Labute approximate surface area is 122 Å². The number of nitrogens with zero attached hydrogens (tertiary/aromatic N) is 1. The molecule has 6 heteroatoms. The summed E-state index contributed by atoms with van der Waals surface area (Å²) in [5.41, 5.74) is 2.51. The van der Waals surface area contributed by atoms with Crippen molar-refractivity contribution in [2.24, 2.45) is 5.73 Å². The van der Waals surface area contributed by atoms with Gasteiger partial charge in [0, 0.05) is 23.5 Å². The Bertz CT molecular complexity index is 406. The van der Waals surface area contributed by atoms with Gasteiger partial charge in [0.25, 0.3) is 0 Å². The van der Waals surface area contributed by atoms with Gasteiger partial charge in [0.2, 0.25) is 0 Å². The first-order chi connectivity index (χ1) is 9.28. The van der Waals surface area contributed by atoms with Crippen molar-refractivity contribution in [3.8, 4) is 0 Å². The van der Waals surface area contributed by atoms with Crippen LogP contribution in [-0.2, 0) is 0 Å². The van der Waals surface area contributed by atoms with Crippen LogP contribution in [0.25, 0.3) is 0 Å². The van der Waals surface area contributed by atoms with Crippen molar-refractivity contribution in [1.29, 1.82) is 0 Å². The van der Waals surface area contributed by atoms with Crippen LogP contribution in [-0.4, -0.2) is 30.0 Å². The van der Waals surface area contributed by atoms with Gasteiger partial charge in [0.1, 0.15) is 0 Å². The maximum atomic E-state index is 12.3. The first-order valence-electron chi connectivity index (χ1n) is 6.56. The number of alkyl halides is 3. The zero-order chi connectivity index (χ0) is 15.3. The van der Waals surface area contributed by atoms with Gasteiger partial charge in [-0.3, -0.25) is 4.90 Å². The number of nitrogens with two attached hydrogens (primary N) is 1. The molecule has 0 aliphatic heterocycles. The average Bonchev–Trinajstić information content (AvgIpc) is 2.38. The van der Waals surface area contributed by atoms with E-state index in [2.05, 4.69) is 18.7 Å². The summed E-state index contributed by atoms with van der Waals surface area (Å²) in [6, 6.07) is 6.85. The van der Waals surface area contributed by atoms with Gasteiger partial charge in [-0.2, -0.15) is 13.2 Å². The van der Waals surface area contributed by atoms with E-state index in [0.29, 0.717) is 12.6 Å². The zero-order valence-corrected chi connectivity index (χ0v) is 12.8. The first kappa shape index (κ1) is 17.3. The second-order valence-electron chi connectivity index (χ2n) is 4.79. The molecule has 0 aliphatic carbocycles. The van der Waals surface area contributed by atoms with Crippen molar-refractivity contribution in [3.05, 3.63) is 29.8 Å².